The van der Waals surface area contributed by atoms with Crippen LogP contribution in [0.3, 0.4) is 0 Å². The topological polar surface area (TPSA) is 3.24 Å². The highest BCUT2D eigenvalue weighted by molar-refractivity contribution is 5.37. The predicted molar refractivity (Wildman–Crippen MR) is 34.4 cm³/mol. The Morgan fingerprint density at radius 2 is 1.45 bits per heavy atom. The normalized spacial score (nSPS) is 11.6. The van der Waals surface area contributed by atoms with Gasteiger partial charge in [-0.3, -0.25) is 0 Å². The summed E-state index contributed by atoms with van der Waals surface area (Å²) in [6.45, 7) is 0. The maximum atomic E-state index is 9.50. The van der Waals surface area contributed by atoms with Crippen LogP contribution in [-0.4, -0.2) is 5.57 Å². The SMILES string of the molecule is FN(F)F.c1cc2cc(c1)C2. The monoisotopic (exact) mass is 161 g/mol. The van der Waals surface area contributed by atoms with Crippen molar-refractivity contribution in [3.8, 4) is 0 Å². The Balaban J connectivity index is 0.000000134. The van der Waals surface area contributed by atoms with Crippen molar-refractivity contribution in [3.63, 3.8) is 0 Å². The van der Waals surface area contributed by atoms with Crippen LogP contribution in [-0.2, 0) is 6.42 Å². The first-order valence-electron chi connectivity index (χ1n) is 3.04. The third-order valence-electron chi connectivity index (χ3n) is 1.40. The maximum Gasteiger partial charge on any atom is 0.199 e. The number of hydrogen-bond donors (Lipinski definition) is 0. The quantitative estimate of drug-likeness (QED) is 0.536. The molecule has 1 nitrogen and oxygen atoms in total. The van der Waals surface area contributed by atoms with Crippen molar-refractivity contribution in [2.75, 3.05) is 0 Å². The molecule has 0 aromatic heterocycles. The summed E-state index contributed by atoms with van der Waals surface area (Å²) in [7, 11) is 0. The zero-order valence-corrected chi connectivity index (χ0v) is 5.60. The van der Waals surface area contributed by atoms with E-state index < -0.39 is 5.57 Å². The van der Waals surface area contributed by atoms with Crippen molar-refractivity contribution in [2.45, 2.75) is 6.42 Å². The zero-order chi connectivity index (χ0) is 8.27. The van der Waals surface area contributed by atoms with Gasteiger partial charge in [0.1, 0.15) is 0 Å². The second kappa shape index (κ2) is 3.39. The van der Waals surface area contributed by atoms with Crippen LogP contribution in [0.25, 0.3) is 0 Å². The van der Waals surface area contributed by atoms with Crippen molar-refractivity contribution in [1.82, 2.24) is 5.57 Å². The summed E-state index contributed by atoms with van der Waals surface area (Å²) in [5, 5.41) is 0. The molecule has 0 unspecified atom stereocenters. The van der Waals surface area contributed by atoms with Gasteiger partial charge in [-0.15, -0.1) is 0 Å². The third kappa shape index (κ3) is 2.59. The molecule has 60 valence electrons. The van der Waals surface area contributed by atoms with Gasteiger partial charge >= 0.3 is 0 Å². The Hall–Kier alpha value is -1.03. The highest BCUT2D eigenvalue weighted by Crippen LogP contribution is 2.18. The van der Waals surface area contributed by atoms with Gasteiger partial charge in [0, 0.05) is 0 Å². The maximum absolute atomic E-state index is 9.50. The lowest BCUT2D eigenvalue weighted by molar-refractivity contribution is -0.295. The van der Waals surface area contributed by atoms with Crippen LogP contribution in [0.1, 0.15) is 11.1 Å². The average molecular weight is 161 g/mol. The standard InChI is InChI=1S/C7H6.F3N/c1-2-6-4-7(3-1)5-6;1-4(2)3/h1-4H,5H2;. The summed E-state index contributed by atoms with van der Waals surface area (Å²) >= 11 is 0. The molecule has 4 heteroatoms. The van der Waals surface area contributed by atoms with Gasteiger partial charge in [-0.2, -0.15) is 0 Å². The lowest BCUT2D eigenvalue weighted by atomic mass is 9.94. The Kier molecular flexibility index (Phi) is 2.48. The van der Waals surface area contributed by atoms with Gasteiger partial charge in [0.05, 0.1) is 0 Å². The smallest absolute Gasteiger partial charge is 0.0662 e. The number of hydrogen-bond acceptors (Lipinski definition) is 1. The van der Waals surface area contributed by atoms with E-state index in [-0.39, 0.29) is 0 Å². The van der Waals surface area contributed by atoms with E-state index in [0.29, 0.717) is 0 Å². The van der Waals surface area contributed by atoms with Gasteiger partial charge in [0.25, 0.3) is 0 Å². The molecule has 0 radical (unpaired) electrons. The molecule has 2 aliphatic rings. The Morgan fingerprint density at radius 1 is 1.09 bits per heavy atom. The van der Waals surface area contributed by atoms with Gasteiger partial charge in [-0.25, -0.2) is 0 Å². The highest BCUT2D eigenvalue weighted by Gasteiger charge is 2.04. The minimum absolute atomic E-state index is 1.22. The molecule has 0 saturated carbocycles. The first-order valence-corrected chi connectivity index (χ1v) is 3.04. The predicted octanol–water partition coefficient (Wildman–Crippen LogP) is 2.53. The minimum atomic E-state index is -2.50. The summed E-state index contributed by atoms with van der Waals surface area (Å²) in [4.78, 5) is 0. The molecular formula is C7H6F3N. The van der Waals surface area contributed by atoms with Crippen LogP contribution < -0.4 is 0 Å². The van der Waals surface area contributed by atoms with Crippen LogP contribution in [0.15, 0.2) is 24.3 Å². The number of rotatable bonds is 0. The van der Waals surface area contributed by atoms with Crippen LogP contribution in [0.4, 0.5) is 13.4 Å². The Labute approximate surface area is 61.9 Å². The van der Waals surface area contributed by atoms with Crippen LogP contribution in [0, 0.1) is 0 Å². The molecule has 0 saturated heterocycles. The van der Waals surface area contributed by atoms with Crippen molar-refractivity contribution in [3.05, 3.63) is 35.4 Å². The Bertz CT molecular complexity index is 209. The van der Waals surface area contributed by atoms with Gasteiger partial charge < -0.3 is 0 Å². The molecule has 0 fully saturated rings. The van der Waals surface area contributed by atoms with Gasteiger partial charge in [0.15, 0.2) is 5.57 Å². The van der Waals surface area contributed by atoms with Crippen LogP contribution in [0.2, 0.25) is 0 Å². The molecule has 11 heavy (non-hydrogen) atoms. The fourth-order valence-electron chi connectivity index (χ4n) is 0.954. The Morgan fingerprint density at radius 3 is 1.55 bits per heavy atom. The number of nitrogens with zero attached hydrogens (tertiary/aromatic N) is 1. The fraction of sp³-hybridized carbons (Fsp3) is 0.143. The van der Waals surface area contributed by atoms with Gasteiger partial charge in [-0.05, 0) is 17.5 Å². The van der Waals surface area contributed by atoms with Crippen LogP contribution >= 0.6 is 0 Å². The first-order chi connectivity index (χ1) is 5.18. The molecule has 1 aromatic carbocycles. The van der Waals surface area contributed by atoms with E-state index in [4.69, 9.17) is 0 Å². The van der Waals surface area contributed by atoms with Crippen molar-refractivity contribution >= 4 is 0 Å². The summed E-state index contributed by atoms with van der Waals surface area (Å²) in [5.41, 5.74) is 0.468. The summed E-state index contributed by atoms with van der Waals surface area (Å²) in [5.74, 6) is 0. The zero-order valence-electron chi connectivity index (χ0n) is 5.60. The lowest BCUT2D eigenvalue weighted by Crippen LogP contribution is -1.97. The molecule has 0 atom stereocenters. The molecule has 2 aliphatic carbocycles. The fourth-order valence-corrected chi connectivity index (χ4v) is 0.954. The van der Waals surface area contributed by atoms with E-state index in [1.807, 2.05) is 0 Å². The molecule has 1 aromatic rings. The molecule has 0 heterocycles. The second-order valence-electron chi connectivity index (χ2n) is 2.19. The van der Waals surface area contributed by atoms with Crippen molar-refractivity contribution in [2.24, 2.45) is 0 Å². The average Bonchev–Trinajstić information content (AvgIpc) is 1.86. The largest absolute Gasteiger partial charge is 0.199 e. The van der Waals surface area contributed by atoms with Crippen molar-refractivity contribution in [1.29, 1.82) is 0 Å². The minimum Gasteiger partial charge on any atom is -0.0662 e. The van der Waals surface area contributed by atoms with Gasteiger partial charge in [-0.1, -0.05) is 37.7 Å². The number of benzene rings is 1. The number of halogens is 3. The van der Waals surface area contributed by atoms with Crippen LogP contribution in [0.5, 0.6) is 0 Å². The van der Waals surface area contributed by atoms with Crippen molar-refractivity contribution < 1.29 is 13.4 Å². The van der Waals surface area contributed by atoms with E-state index in [1.54, 1.807) is 0 Å². The molecule has 0 aliphatic heterocycles. The van der Waals surface area contributed by atoms with E-state index in [9.17, 15) is 13.4 Å². The third-order valence-corrected chi connectivity index (χ3v) is 1.40. The highest BCUT2D eigenvalue weighted by atomic mass is 19.5. The summed E-state index contributed by atoms with van der Waals surface area (Å²) in [6.07, 6.45) is 1.22. The van der Waals surface area contributed by atoms with E-state index in [1.165, 1.54) is 17.5 Å². The summed E-state index contributed by atoms with van der Waals surface area (Å²) < 4.78 is 28.5. The van der Waals surface area contributed by atoms with Gasteiger partial charge in [0.2, 0.25) is 0 Å². The second-order valence-corrected chi connectivity index (χ2v) is 2.19. The molecule has 0 spiro atoms. The molecule has 0 amide bonds. The number of fused-ring (bicyclic) bond motifs is 2. The molecule has 0 N–H and O–H groups in total. The van der Waals surface area contributed by atoms with E-state index in [0.717, 1.165) is 0 Å². The summed E-state index contributed by atoms with van der Waals surface area (Å²) in [6, 6.07) is 8.65. The molecular weight excluding hydrogens is 155 g/mol. The molecule has 2 bridgehead atoms. The van der Waals surface area contributed by atoms with E-state index >= 15 is 0 Å². The molecule has 3 rings (SSSR count). The first kappa shape index (κ1) is 8.07. The van der Waals surface area contributed by atoms with E-state index in [2.05, 4.69) is 24.3 Å². The lowest BCUT2D eigenvalue weighted by Gasteiger charge is -2.11.